The topological polar surface area (TPSA) is 41.6 Å². The maximum atomic E-state index is 11.9. The number of carbonyl (C=O) groups is 1. The highest BCUT2D eigenvalue weighted by atomic mass is 35.5. The molecule has 1 amide bonds. The molecule has 0 saturated carbocycles. The summed E-state index contributed by atoms with van der Waals surface area (Å²) in [6, 6.07) is 6.73. The van der Waals surface area contributed by atoms with E-state index in [1.54, 1.807) is 24.3 Å². The van der Waals surface area contributed by atoms with Gasteiger partial charge >= 0.3 is 6.18 Å². The van der Waals surface area contributed by atoms with Crippen LogP contribution in [0.1, 0.15) is 0 Å². The standard InChI is InChI=1S/C13H16ClF3N2O2/c1-19(12(20)8-18-9-13(15,16)17)6-7-21-11-4-2-10(14)3-5-11/h2-5,18H,6-9H2,1H3. The van der Waals surface area contributed by atoms with Crippen LogP contribution in [0.15, 0.2) is 24.3 Å². The second-order valence-corrected chi connectivity index (χ2v) is 4.77. The number of likely N-dealkylation sites (N-methyl/N-ethyl adjacent to an activating group) is 1. The number of alkyl halides is 3. The van der Waals surface area contributed by atoms with E-state index in [4.69, 9.17) is 16.3 Å². The molecule has 1 N–H and O–H groups in total. The number of ether oxygens (including phenoxy) is 1. The zero-order valence-corrected chi connectivity index (χ0v) is 12.2. The first kappa shape index (κ1) is 17.6. The largest absolute Gasteiger partial charge is 0.492 e. The van der Waals surface area contributed by atoms with E-state index >= 15 is 0 Å². The monoisotopic (exact) mass is 324 g/mol. The molecule has 0 aromatic heterocycles. The minimum atomic E-state index is -4.32. The number of hydrogen-bond acceptors (Lipinski definition) is 3. The Labute approximate surface area is 125 Å². The van der Waals surface area contributed by atoms with E-state index in [2.05, 4.69) is 0 Å². The Morgan fingerprint density at radius 3 is 2.52 bits per heavy atom. The van der Waals surface area contributed by atoms with Gasteiger partial charge in [0.15, 0.2) is 0 Å². The van der Waals surface area contributed by atoms with Gasteiger partial charge in [0.1, 0.15) is 12.4 Å². The summed E-state index contributed by atoms with van der Waals surface area (Å²) >= 11 is 5.72. The number of hydrogen-bond donors (Lipinski definition) is 1. The van der Waals surface area contributed by atoms with E-state index in [1.165, 1.54) is 11.9 Å². The van der Waals surface area contributed by atoms with Crippen molar-refractivity contribution in [2.24, 2.45) is 0 Å². The summed E-state index contributed by atoms with van der Waals surface area (Å²) in [4.78, 5) is 12.8. The fourth-order valence-electron chi connectivity index (χ4n) is 1.40. The van der Waals surface area contributed by atoms with Crippen LogP contribution in [0.5, 0.6) is 5.75 Å². The minimum Gasteiger partial charge on any atom is -0.492 e. The summed E-state index contributed by atoms with van der Waals surface area (Å²) in [5.74, 6) is 0.175. The lowest BCUT2D eigenvalue weighted by Crippen LogP contribution is -2.40. The fourth-order valence-corrected chi connectivity index (χ4v) is 1.53. The fraction of sp³-hybridized carbons (Fsp3) is 0.462. The van der Waals surface area contributed by atoms with Gasteiger partial charge in [-0.1, -0.05) is 11.6 Å². The van der Waals surface area contributed by atoms with Crippen LogP contribution in [-0.4, -0.2) is 50.3 Å². The van der Waals surface area contributed by atoms with Gasteiger partial charge in [-0.15, -0.1) is 0 Å². The Morgan fingerprint density at radius 1 is 1.33 bits per heavy atom. The molecule has 0 atom stereocenters. The number of benzene rings is 1. The van der Waals surface area contributed by atoms with Gasteiger partial charge in [0, 0.05) is 12.1 Å². The Morgan fingerprint density at radius 2 is 1.95 bits per heavy atom. The van der Waals surface area contributed by atoms with Crippen molar-refractivity contribution in [3.05, 3.63) is 29.3 Å². The molecule has 0 bridgehead atoms. The van der Waals surface area contributed by atoms with Gasteiger partial charge in [-0.3, -0.25) is 4.79 Å². The van der Waals surface area contributed by atoms with Gasteiger partial charge in [-0.05, 0) is 24.3 Å². The highest BCUT2D eigenvalue weighted by Gasteiger charge is 2.26. The number of rotatable bonds is 7. The van der Waals surface area contributed by atoms with E-state index in [0.29, 0.717) is 10.8 Å². The molecule has 0 aliphatic heterocycles. The molecule has 0 saturated heterocycles. The quantitative estimate of drug-likeness (QED) is 0.837. The molecule has 0 aliphatic carbocycles. The van der Waals surface area contributed by atoms with E-state index in [9.17, 15) is 18.0 Å². The van der Waals surface area contributed by atoms with Gasteiger partial charge in [0.25, 0.3) is 0 Å². The first-order chi connectivity index (χ1) is 9.78. The molecular formula is C13H16ClF3N2O2. The highest BCUT2D eigenvalue weighted by Crippen LogP contribution is 2.15. The summed E-state index contributed by atoms with van der Waals surface area (Å²) in [6.07, 6.45) is -4.32. The van der Waals surface area contributed by atoms with Gasteiger partial charge in [0.2, 0.25) is 5.91 Å². The molecule has 0 aliphatic rings. The Balaban J connectivity index is 2.22. The summed E-state index contributed by atoms with van der Waals surface area (Å²) < 4.78 is 41.1. The second kappa shape index (κ2) is 8.09. The molecule has 118 valence electrons. The van der Waals surface area contributed by atoms with Gasteiger partial charge in [-0.25, -0.2) is 0 Å². The minimum absolute atomic E-state index is 0.239. The number of nitrogens with one attached hydrogen (secondary N) is 1. The lowest BCUT2D eigenvalue weighted by Gasteiger charge is -2.18. The molecule has 0 unspecified atom stereocenters. The maximum absolute atomic E-state index is 11.9. The zero-order valence-electron chi connectivity index (χ0n) is 11.4. The Bertz CT molecular complexity index is 452. The smallest absolute Gasteiger partial charge is 0.401 e. The van der Waals surface area contributed by atoms with Crippen LogP contribution in [0, 0.1) is 0 Å². The number of amides is 1. The molecule has 0 radical (unpaired) electrons. The normalized spacial score (nSPS) is 11.3. The zero-order chi connectivity index (χ0) is 15.9. The summed E-state index contributed by atoms with van der Waals surface area (Å²) in [5, 5.41) is 2.64. The lowest BCUT2D eigenvalue weighted by atomic mass is 10.3. The van der Waals surface area contributed by atoms with Crippen molar-refractivity contribution in [2.45, 2.75) is 6.18 Å². The summed E-state index contributed by atoms with van der Waals surface area (Å²) in [6.45, 7) is -1.04. The summed E-state index contributed by atoms with van der Waals surface area (Å²) in [5.41, 5.74) is 0. The first-order valence-corrected chi connectivity index (χ1v) is 6.55. The molecule has 21 heavy (non-hydrogen) atoms. The second-order valence-electron chi connectivity index (χ2n) is 4.34. The number of halogens is 4. The molecule has 0 spiro atoms. The molecule has 0 fully saturated rings. The van der Waals surface area contributed by atoms with Gasteiger partial charge in [-0.2, -0.15) is 13.2 Å². The molecule has 0 heterocycles. The number of carbonyl (C=O) groups excluding carboxylic acids is 1. The van der Waals surface area contributed by atoms with Crippen molar-refractivity contribution in [3.8, 4) is 5.75 Å². The molecule has 8 heteroatoms. The van der Waals surface area contributed by atoms with Crippen molar-refractivity contribution >= 4 is 17.5 Å². The first-order valence-electron chi connectivity index (χ1n) is 6.18. The van der Waals surface area contributed by atoms with Gasteiger partial charge in [0.05, 0.1) is 19.6 Å². The Hall–Kier alpha value is -1.47. The van der Waals surface area contributed by atoms with E-state index in [1.807, 2.05) is 5.32 Å². The average molecular weight is 325 g/mol. The van der Waals surface area contributed by atoms with Crippen LogP contribution in [-0.2, 0) is 4.79 Å². The van der Waals surface area contributed by atoms with Crippen molar-refractivity contribution in [3.63, 3.8) is 0 Å². The maximum Gasteiger partial charge on any atom is 0.401 e. The van der Waals surface area contributed by atoms with Crippen molar-refractivity contribution in [1.29, 1.82) is 0 Å². The van der Waals surface area contributed by atoms with Crippen molar-refractivity contribution < 1.29 is 22.7 Å². The van der Waals surface area contributed by atoms with Crippen molar-refractivity contribution in [1.82, 2.24) is 10.2 Å². The molecule has 1 aromatic rings. The lowest BCUT2D eigenvalue weighted by molar-refractivity contribution is -0.133. The SMILES string of the molecule is CN(CCOc1ccc(Cl)cc1)C(=O)CNCC(F)(F)F. The van der Waals surface area contributed by atoms with E-state index in [0.717, 1.165) is 0 Å². The van der Waals surface area contributed by atoms with Gasteiger partial charge < -0.3 is 15.0 Å². The van der Waals surface area contributed by atoms with E-state index < -0.39 is 18.6 Å². The van der Waals surface area contributed by atoms with Crippen LogP contribution < -0.4 is 10.1 Å². The molecular weight excluding hydrogens is 309 g/mol. The number of nitrogens with zero attached hydrogens (tertiary/aromatic N) is 1. The molecule has 1 rings (SSSR count). The third-order valence-corrected chi connectivity index (χ3v) is 2.79. The third-order valence-electron chi connectivity index (χ3n) is 2.54. The predicted octanol–water partition coefficient (Wildman–Crippen LogP) is 2.33. The Kier molecular flexibility index (Phi) is 6.77. The van der Waals surface area contributed by atoms with Crippen LogP contribution in [0.2, 0.25) is 5.02 Å². The van der Waals surface area contributed by atoms with Crippen LogP contribution >= 0.6 is 11.6 Å². The highest BCUT2D eigenvalue weighted by molar-refractivity contribution is 6.30. The van der Waals surface area contributed by atoms with Crippen LogP contribution in [0.3, 0.4) is 0 Å². The average Bonchev–Trinajstić information content (AvgIpc) is 2.39. The molecule has 4 nitrogen and oxygen atoms in total. The van der Waals surface area contributed by atoms with Crippen LogP contribution in [0.25, 0.3) is 0 Å². The predicted molar refractivity (Wildman–Crippen MR) is 73.5 cm³/mol. The molecule has 1 aromatic carbocycles. The van der Waals surface area contributed by atoms with E-state index in [-0.39, 0.29) is 19.7 Å². The third kappa shape index (κ3) is 7.77. The van der Waals surface area contributed by atoms with Crippen LogP contribution in [0.4, 0.5) is 13.2 Å². The van der Waals surface area contributed by atoms with Crippen molar-refractivity contribution in [2.75, 3.05) is 33.3 Å². The summed E-state index contributed by atoms with van der Waals surface area (Å²) in [7, 11) is 1.50.